The molecular formula is C21H22O7. The lowest BCUT2D eigenvalue weighted by Crippen LogP contribution is -2.08. The number of ether oxygens (including phenoxy) is 6. The molecule has 0 atom stereocenters. The number of hydrogen-bond donors (Lipinski definition) is 0. The van der Waals surface area contributed by atoms with E-state index in [0.717, 1.165) is 11.1 Å². The number of rotatable bonds is 7. The predicted octanol–water partition coefficient (Wildman–Crippen LogP) is 3.24. The fourth-order valence-electron chi connectivity index (χ4n) is 2.97. The third-order valence-corrected chi connectivity index (χ3v) is 4.30. The molecule has 0 fully saturated rings. The molecule has 0 saturated heterocycles. The molecule has 0 saturated carbocycles. The van der Waals surface area contributed by atoms with Crippen LogP contribution in [0.4, 0.5) is 0 Å². The van der Waals surface area contributed by atoms with Crippen LogP contribution >= 0.6 is 0 Å². The summed E-state index contributed by atoms with van der Waals surface area (Å²) < 4.78 is 31.8. The summed E-state index contributed by atoms with van der Waals surface area (Å²) in [6.07, 6.45) is 2.08. The zero-order chi connectivity index (χ0) is 20.1. The molecule has 0 bridgehead atoms. The summed E-state index contributed by atoms with van der Waals surface area (Å²) >= 11 is 0. The SMILES string of the molecule is COC(=O)C(=Cc1ccc2c(c1)OCO2)Cc1cc(OC)c(OC)c(OC)c1. The Kier molecular flexibility index (Phi) is 5.93. The van der Waals surface area contributed by atoms with Crippen molar-refractivity contribution in [3.8, 4) is 28.7 Å². The van der Waals surface area contributed by atoms with Gasteiger partial charge in [-0.25, -0.2) is 4.79 Å². The molecule has 1 heterocycles. The molecule has 1 aliphatic rings. The van der Waals surface area contributed by atoms with E-state index in [0.29, 0.717) is 40.7 Å². The fraction of sp³-hybridized carbons (Fsp3) is 0.286. The van der Waals surface area contributed by atoms with Gasteiger partial charge in [-0.15, -0.1) is 0 Å². The second-order valence-corrected chi connectivity index (χ2v) is 5.98. The first-order valence-electron chi connectivity index (χ1n) is 8.57. The average Bonchev–Trinajstić information content (AvgIpc) is 3.19. The Hall–Kier alpha value is -3.35. The molecule has 0 spiro atoms. The van der Waals surface area contributed by atoms with E-state index in [4.69, 9.17) is 28.4 Å². The van der Waals surface area contributed by atoms with Crippen molar-refractivity contribution in [2.75, 3.05) is 35.2 Å². The Bertz CT molecular complexity index is 877. The molecule has 7 nitrogen and oxygen atoms in total. The zero-order valence-corrected chi connectivity index (χ0v) is 16.2. The molecule has 1 aliphatic heterocycles. The third-order valence-electron chi connectivity index (χ3n) is 4.30. The van der Waals surface area contributed by atoms with Gasteiger partial charge in [0, 0.05) is 12.0 Å². The van der Waals surface area contributed by atoms with E-state index in [1.54, 1.807) is 39.5 Å². The van der Waals surface area contributed by atoms with Crippen LogP contribution in [0.15, 0.2) is 35.9 Å². The molecule has 0 aliphatic carbocycles. The number of carbonyl (C=O) groups is 1. The first-order chi connectivity index (χ1) is 13.6. The number of benzene rings is 2. The molecule has 2 aromatic rings. The minimum Gasteiger partial charge on any atom is -0.493 e. The third kappa shape index (κ3) is 3.98. The minimum absolute atomic E-state index is 0.192. The zero-order valence-electron chi connectivity index (χ0n) is 16.2. The minimum atomic E-state index is -0.425. The van der Waals surface area contributed by atoms with Gasteiger partial charge < -0.3 is 28.4 Å². The van der Waals surface area contributed by atoms with Gasteiger partial charge >= 0.3 is 5.97 Å². The molecule has 0 amide bonds. The molecule has 148 valence electrons. The van der Waals surface area contributed by atoms with Crippen molar-refractivity contribution in [3.05, 3.63) is 47.0 Å². The molecule has 0 unspecified atom stereocenters. The summed E-state index contributed by atoms with van der Waals surface area (Å²) in [5, 5.41) is 0. The van der Waals surface area contributed by atoms with Gasteiger partial charge in [-0.05, 0) is 41.5 Å². The maximum atomic E-state index is 12.4. The Labute approximate surface area is 163 Å². The maximum absolute atomic E-state index is 12.4. The quantitative estimate of drug-likeness (QED) is 0.534. The molecule has 0 N–H and O–H groups in total. The van der Waals surface area contributed by atoms with E-state index in [2.05, 4.69) is 0 Å². The van der Waals surface area contributed by atoms with Gasteiger partial charge in [0.15, 0.2) is 23.0 Å². The van der Waals surface area contributed by atoms with Crippen molar-refractivity contribution >= 4 is 12.0 Å². The molecule has 0 aromatic heterocycles. The Morgan fingerprint density at radius 2 is 1.64 bits per heavy atom. The van der Waals surface area contributed by atoms with E-state index in [1.807, 2.05) is 18.2 Å². The molecule has 0 radical (unpaired) electrons. The molecule has 2 aromatic carbocycles. The van der Waals surface area contributed by atoms with E-state index >= 15 is 0 Å². The number of methoxy groups -OCH3 is 4. The van der Waals surface area contributed by atoms with Crippen molar-refractivity contribution in [1.82, 2.24) is 0 Å². The lowest BCUT2D eigenvalue weighted by Gasteiger charge is -2.14. The van der Waals surface area contributed by atoms with Gasteiger partial charge in [-0.3, -0.25) is 0 Å². The predicted molar refractivity (Wildman–Crippen MR) is 102 cm³/mol. The van der Waals surface area contributed by atoms with Crippen LogP contribution in [0.3, 0.4) is 0 Å². The van der Waals surface area contributed by atoms with Crippen molar-refractivity contribution < 1.29 is 33.2 Å². The number of fused-ring (bicyclic) bond motifs is 1. The van der Waals surface area contributed by atoms with Crippen molar-refractivity contribution in [1.29, 1.82) is 0 Å². The standard InChI is InChI=1S/C21H22O7/c1-23-18-10-14(11-19(24-2)20(18)25-3)8-15(21(22)26-4)7-13-5-6-16-17(9-13)28-12-27-16/h5-7,9-11H,8,12H2,1-4H3. The largest absolute Gasteiger partial charge is 0.493 e. The van der Waals surface area contributed by atoms with Gasteiger partial charge in [0.25, 0.3) is 0 Å². The summed E-state index contributed by atoms with van der Waals surface area (Å²) in [7, 11) is 5.99. The van der Waals surface area contributed by atoms with E-state index < -0.39 is 5.97 Å². The van der Waals surface area contributed by atoms with Crippen molar-refractivity contribution in [2.24, 2.45) is 0 Å². The Morgan fingerprint density at radius 1 is 0.964 bits per heavy atom. The molecule has 28 heavy (non-hydrogen) atoms. The van der Waals surface area contributed by atoms with Crippen LogP contribution in [0.5, 0.6) is 28.7 Å². The summed E-state index contributed by atoms with van der Waals surface area (Å²) in [6, 6.07) is 9.09. The van der Waals surface area contributed by atoms with Gasteiger partial charge in [0.1, 0.15) is 0 Å². The highest BCUT2D eigenvalue weighted by Gasteiger charge is 2.18. The maximum Gasteiger partial charge on any atom is 0.334 e. The van der Waals surface area contributed by atoms with Crippen LogP contribution in [-0.2, 0) is 16.0 Å². The molecule has 7 heteroatoms. The Balaban J connectivity index is 1.96. The van der Waals surface area contributed by atoms with Gasteiger partial charge in [0.05, 0.1) is 28.4 Å². The summed E-state index contributed by atoms with van der Waals surface area (Å²) in [4.78, 5) is 12.4. The van der Waals surface area contributed by atoms with E-state index in [9.17, 15) is 4.79 Å². The highest BCUT2D eigenvalue weighted by molar-refractivity contribution is 5.94. The smallest absolute Gasteiger partial charge is 0.334 e. The van der Waals surface area contributed by atoms with Crippen LogP contribution in [-0.4, -0.2) is 41.2 Å². The first-order valence-corrected chi connectivity index (χ1v) is 8.57. The first kappa shape index (κ1) is 19.4. The van der Waals surface area contributed by atoms with E-state index in [1.165, 1.54) is 7.11 Å². The van der Waals surface area contributed by atoms with Crippen molar-refractivity contribution in [2.45, 2.75) is 6.42 Å². The topological polar surface area (TPSA) is 72.5 Å². The summed E-state index contributed by atoms with van der Waals surface area (Å²) in [6.45, 7) is 0.192. The summed E-state index contributed by atoms with van der Waals surface area (Å²) in [5.74, 6) is 2.43. The van der Waals surface area contributed by atoms with Gasteiger partial charge in [-0.2, -0.15) is 0 Å². The molecule has 3 rings (SSSR count). The fourth-order valence-corrected chi connectivity index (χ4v) is 2.97. The van der Waals surface area contributed by atoms with Crippen LogP contribution < -0.4 is 23.7 Å². The normalized spacial score (nSPS) is 12.5. The average molecular weight is 386 g/mol. The van der Waals surface area contributed by atoms with Crippen LogP contribution in [0.2, 0.25) is 0 Å². The monoisotopic (exact) mass is 386 g/mol. The molecular weight excluding hydrogens is 364 g/mol. The van der Waals surface area contributed by atoms with Gasteiger partial charge in [-0.1, -0.05) is 6.07 Å². The van der Waals surface area contributed by atoms with Gasteiger partial charge in [0.2, 0.25) is 12.5 Å². The second kappa shape index (κ2) is 8.56. The lowest BCUT2D eigenvalue weighted by atomic mass is 10.0. The van der Waals surface area contributed by atoms with Crippen LogP contribution in [0.1, 0.15) is 11.1 Å². The number of hydrogen-bond acceptors (Lipinski definition) is 7. The highest BCUT2D eigenvalue weighted by Crippen LogP contribution is 2.39. The second-order valence-electron chi connectivity index (χ2n) is 5.98. The van der Waals surface area contributed by atoms with Crippen LogP contribution in [0, 0.1) is 0 Å². The van der Waals surface area contributed by atoms with Crippen molar-refractivity contribution in [3.63, 3.8) is 0 Å². The number of carbonyl (C=O) groups excluding carboxylic acids is 1. The van der Waals surface area contributed by atoms with Crippen LogP contribution in [0.25, 0.3) is 6.08 Å². The highest BCUT2D eigenvalue weighted by atomic mass is 16.7. The summed E-state index contributed by atoms with van der Waals surface area (Å²) in [5.41, 5.74) is 2.08. The van der Waals surface area contributed by atoms with E-state index in [-0.39, 0.29) is 6.79 Å². The number of esters is 1. The lowest BCUT2D eigenvalue weighted by molar-refractivity contribution is -0.136. The Morgan fingerprint density at radius 3 is 2.25 bits per heavy atom.